The zero-order valence-corrected chi connectivity index (χ0v) is 7.91. The van der Waals surface area contributed by atoms with Crippen LogP contribution in [0.25, 0.3) is 0 Å². The van der Waals surface area contributed by atoms with Crippen molar-refractivity contribution < 1.29 is 0 Å². The summed E-state index contributed by atoms with van der Waals surface area (Å²) < 4.78 is 1.76. The monoisotopic (exact) mass is 168 g/mol. The molecule has 0 amide bonds. The molecule has 0 aliphatic carbocycles. The van der Waals surface area contributed by atoms with E-state index in [1.165, 1.54) is 0 Å². The lowest BCUT2D eigenvalue weighted by molar-refractivity contribution is 0.430. The number of nitrogens with zero attached hydrogens (tertiary/aromatic N) is 3. The first-order valence-electron chi connectivity index (χ1n) is 4.17. The summed E-state index contributed by atoms with van der Waals surface area (Å²) >= 11 is 0. The fourth-order valence-corrected chi connectivity index (χ4v) is 0.966. The second-order valence-corrected chi connectivity index (χ2v) is 3.48. The molecule has 1 aromatic rings. The molecular weight excluding hydrogens is 152 g/mol. The van der Waals surface area contributed by atoms with Crippen LogP contribution in [0.2, 0.25) is 0 Å². The Morgan fingerprint density at radius 1 is 1.67 bits per heavy atom. The maximum Gasteiger partial charge on any atom is 0.138 e. The largest absolute Gasteiger partial charge is 0.325 e. The van der Waals surface area contributed by atoms with Gasteiger partial charge in [0.1, 0.15) is 12.2 Å². The average Bonchev–Trinajstić information content (AvgIpc) is 2.36. The van der Waals surface area contributed by atoms with E-state index in [1.807, 2.05) is 14.0 Å². The molecule has 0 aliphatic rings. The van der Waals surface area contributed by atoms with Gasteiger partial charge in [-0.2, -0.15) is 5.10 Å². The topological polar surface area (TPSA) is 56.7 Å². The van der Waals surface area contributed by atoms with Crippen molar-refractivity contribution in [3.05, 3.63) is 12.2 Å². The third-order valence-electron chi connectivity index (χ3n) is 2.17. The van der Waals surface area contributed by atoms with Crippen molar-refractivity contribution in [2.45, 2.75) is 32.2 Å². The number of rotatable bonds is 3. The molecule has 2 N–H and O–H groups in total. The fraction of sp³-hybridized carbons (Fsp3) is 0.750. The lowest BCUT2D eigenvalue weighted by atomic mass is 9.96. The SMILES string of the molecule is CCC(C)(N)Cc1ncnn1C. The fourth-order valence-electron chi connectivity index (χ4n) is 0.966. The lowest BCUT2D eigenvalue weighted by Gasteiger charge is -2.21. The van der Waals surface area contributed by atoms with Gasteiger partial charge in [0, 0.05) is 19.0 Å². The van der Waals surface area contributed by atoms with Crippen molar-refractivity contribution in [2.75, 3.05) is 0 Å². The molecule has 1 unspecified atom stereocenters. The molecule has 0 aromatic carbocycles. The molecule has 0 saturated carbocycles. The Balaban J connectivity index is 2.70. The van der Waals surface area contributed by atoms with Crippen LogP contribution in [0.3, 0.4) is 0 Å². The highest BCUT2D eigenvalue weighted by Crippen LogP contribution is 2.10. The van der Waals surface area contributed by atoms with Crippen LogP contribution in [0.4, 0.5) is 0 Å². The molecule has 0 saturated heterocycles. The normalized spacial score (nSPS) is 16.0. The molecule has 0 radical (unpaired) electrons. The van der Waals surface area contributed by atoms with Gasteiger partial charge in [-0.05, 0) is 13.3 Å². The molecule has 0 spiro atoms. The van der Waals surface area contributed by atoms with Gasteiger partial charge in [0.25, 0.3) is 0 Å². The number of nitrogens with two attached hydrogens (primary N) is 1. The number of aryl methyl sites for hydroxylation is 1. The van der Waals surface area contributed by atoms with E-state index >= 15 is 0 Å². The lowest BCUT2D eigenvalue weighted by Crippen LogP contribution is -2.38. The van der Waals surface area contributed by atoms with Crippen molar-refractivity contribution in [3.8, 4) is 0 Å². The minimum Gasteiger partial charge on any atom is -0.325 e. The van der Waals surface area contributed by atoms with E-state index in [-0.39, 0.29) is 5.54 Å². The van der Waals surface area contributed by atoms with E-state index in [0.29, 0.717) is 0 Å². The van der Waals surface area contributed by atoms with Crippen LogP contribution >= 0.6 is 0 Å². The van der Waals surface area contributed by atoms with Crippen LogP contribution in [0.1, 0.15) is 26.1 Å². The summed E-state index contributed by atoms with van der Waals surface area (Å²) in [6, 6.07) is 0. The Morgan fingerprint density at radius 2 is 2.33 bits per heavy atom. The quantitative estimate of drug-likeness (QED) is 0.714. The zero-order chi connectivity index (χ0) is 9.19. The second-order valence-electron chi connectivity index (χ2n) is 3.48. The Hall–Kier alpha value is -0.900. The van der Waals surface area contributed by atoms with Crippen LogP contribution < -0.4 is 5.73 Å². The molecule has 12 heavy (non-hydrogen) atoms. The van der Waals surface area contributed by atoms with E-state index in [4.69, 9.17) is 5.73 Å². The highest BCUT2D eigenvalue weighted by molar-refractivity contribution is 4.93. The Kier molecular flexibility index (Phi) is 2.47. The summed E-state index contributed by atoms with van der Waals surface area (Å²) in [7, 11) is 1.88. The molecule has 1 aromatic heterocycles. The van der Waals surface area contributed by atoms with Gasteiger partial charge in [-0.1, -0.05) is 6.92 Å². The molecule has 1 rings (SSSR count). The molecule has 0 fully saturated rings. The third-order valence-corrected chi connectivity index (χ3v) is 2.17. The molecule has 0 aliphatic heterocycles. The van der Waals surface area contributed by atoms with Gasteiger partial charge in [0.2, 0.25) is 0 Å². The standard InChI is InChI=1S/C8H16N4/c1-4-8(2,9)5-7-10-6-11-12(7)3/h6H,4-5,9H2,1-3H3. The summed E-state index contributed by atoms with van der Waals surface area (Å²) in [6.45, 7) is 4.11. The highest BCUT2D eigenvalue weighted by atomic mass is 15.3. The van der Waals surface area contributed by atoms with Crippen LogP contribution in [0.5, 0.6) is 0 Å². The first-order valence-corrected chi connectivity index (χ1v) is 4.17. The van der Waals surface area contributed by atoms with E-state index in [1.54, 1.807) is 11.0 Å². The highest BCUT2D eigenvalue weighted by Gasteiger charge is 2.18. The smallest absolute Gasteiger partial charge is 0.138 e. The molecule has 1 atom stereocenters. The molecule has 1 heterocycles. The van der Waals surface area contributed by atoms with Crippen molar-refractivity contribution in [3.63, 3.8) is 0 Å². The van der Waals surface area contributed by atoms with Crippen molar-refractivity contribution in [2.24, 2.45) is 12.8 Å². The summed E-state index contributed by atoms with van der Waals surface area (Å²) in [5, 5.41) is 3.99. The zero-order valence-electron chi connectivity index (χ0n) is 7.91. The van der Waals surface area contributed by atoms with E-state index in [0.717, 1.165) is 18.7 Å². The van der Waals surface area contributed by atoms with E-state index < -0.39 is 0 Å². The van der Waals surface area contributed by atoms with Crippen LogP contribution in [0, 0.1) is 0 Å². The Labute approximate surface area is 72.8 Å². The van der Waals surface area contributed by atoms with Gasteiger partial charge >= 0.3 is 0 Å². The predicted molar refractivity (Wildman–Crippen MR) is 47.6 cm³/mol. The van der Waals surface area contributed by atoms with Crippen molar-refractivity contribution in [1.29, 1.82) is 0 Å². The molecule has 0 bridgehead atoms. The van der Waals surface area contributed by atoms with Gasteiger partial charge in [0.15, 0.2) is 0 Å². The minimum absolute atomic E-state index is 0.166. The predicted octanol–water partition coefficient (Wildman–Crippen LogP) is 0.485. The number of hydrogen-bond donors (Lipinski definition) is 1. The average molecular weight is 168 g/mol. The van der Waals surface area contributed by atoms with Gasteiger partial charge in [-0.15, -0.1) is 0 Å². The molecule has 4 nitrogen and oxygen atoms in total. The number of hydrogen-bond acceptors (Lipinski definition) is 3. The van der Waals surface area contributed by atoms with Gasteiger partial charge in [0.05, 0.1) is 0 Å². The van der Waals surface area contributed by atoms with Crippen molar-refractivity contribution in [1.82, 2.24) is 14.8 Å². The van der Waals surface area contributed by atoms with Gasteiger partial charge in [-0.3, -0.25) is 4.68 Å². The molecular formula is C8H16N4. The van der Waals surface area contributed by atoms with Gasteiger partial charge in [-0.25, -0.2) is 4.98 Å². The summed E-state index contributed by atoms with van der Waals surface area (Å²) in [5.74, 6) is 0.946. The van der Waals surface area contributed by atoms with Crippen molar-refractivity contribution >= 4 is 0 Å². The van der Waals surface area contributed by atoms with Crippen LogP contribution in [-0.2, 0) is 13.5 Å². The first kappa shape index (κ1) is 9.19. The Morgan fingerprint density at radius 3 is 2.75 bits per heavy atom. The van der Waals surface area contributed by atoms with Gasteiger partial charge < -0.3 is 5.73 Å². The maximum atomic E-state index is 6.00. The summed E-state index contributed by atoms with van der Waals surface area (Å²) in [6.07, 6.45) is 3.28. The van der Waals surface area contributed by atoms with E-state index in [2.05, 4.69) is 17.0 Å². The van der Waals surface area contributed by atoms with Crippen LogP contribution in [-0.4, -0.2) is 20.3 Å². The first-order chi connectivity index (χ1) is 5.55. The van der Waals surface area contributed by atoms with Crippen LogP contribution in [0.15, 0.2) is 6.33 Å². The number of aromatic nitrogens is 3. The molecule has 4 heteroatoms. The van der Waals surface area contributed by atoms with E-state index in [9.17, 15) is 0 Å². The summed E-state index contributed by atoms with van der Waals surface area (Å²) in [5.41, 5.74) is 5.83. The second kappa shape index (κ2) is 3.23. The Bertz CT molecular complexity index is 251. The maximum absolute atomic E-state index is 6.00. The summed E-state index contributed by atoms with van der Waals surface area (Å²) in [4.78, 5) is 4.12. The molecule has 68 valence electrons. The minimum atomic E-state index is -0.166. The third kappa shape index (κ3) is 2.04.